The van der Waals surface area contributed by atoms with Gasteiger partial charge < -0.3 is 15.4 Å². The summed E-state index contributed by atoms with van der Waals surface area (Å²) in [6.45, 7) is 3.98. The van der Waals surface area contributed by atoms with E-state index in [1.807, 2.05) is 44.2 Å². The van der Waals surface area contributed by atoms with Crippen molar-refractivity contribution < 1.29 is 19.1 Å². The van der Waals surface area contributed by atoms with E-state index in [0.29, 0.717) is 12.5 Å². The summed E-state index contributed by atoms with van der Waals surface area (Å²) in [6.07, 6.45) is 6.18. The fourth-order valence-electron chi connectivity index (χ4n) is 3.43. The number of ether oxygens (including phenoxy) is 1. The third kappa shape index (κ3) is 7.71. The molecule has 1 aliphatic rings. The van der Waals surface area contributed by atoms with Gasteiger partial charge >= 0.3 is 5.97 Å². The molecule has 0 spiro atoms. The van der Waals surface area contributed by atoms with Crippen molar-refractivity contribution in [2.24, 2.45) is 11.8 Å². The van der Waals surface area contributed by atoms with E-state index in [9.17, 15) is 14.4 Å². The summed E-state index contributed by atoms with van der Waals surface area (Å²) < 4.78 is 5.15. The van der Waals surface area contributed by atoms with Crippen LogP contribution >= 0.6 is 0 Å². The van der Waals surface area contributed by atoms with E-state index in [0.717, 1.165) is 18.4 Å². The van der Waals surface area contributed by atoms with Crippen LogP contribution in [0, 0.1) is 11.8 Å². The molecule has 0 saturated heterocycles. The first-order valence-corrected chi connectivity index (χ1v) is 10.2. The van der Waals surface area contributed by atoms with Crippen LogP contribution in [-0.4, -0.2) is 37.0 Å². The molecule has 0 aliphatic heterocycles. The lowest BCUT2D eigenvalue weighted by Crippen LogP contribution is -2.46. The van der Waals surface area contributed by atoms with Crippen LogP contribution in [0.4, 0.5) is 0 Å². The van der Waals surface area contributed by atoms with Gasteiger partial charge in [0.2, 0.25) is 5.91 Å². The molecule has 2 N–H and O–H groups in total. The Kier molecular flexibility index (Phi) is 8.98. The summed E-state index contributed by atoms with van der Waals surface area (Å²) in [5, 5.41) is 5.57. The second-order valence-corrected chi connectivity index (χ2v) is 7.87. The van der Waals surface area contributed by atoms with Crippen molar-refractivity contribution in [2.45, 2.75) is 58.4 Å². The summed E-state index contributed by atoms with van der Waals surface area (Å²) in [4.78, 5) is 36.6. The zero-order chi connectivity index (χ0) is 20.4. The van der Waals surface area contributed by atoms with E-state index in [4.69, 9.17) is 4.74 Å². The Morgan fingerprint density at radius 3 is 2.36 bits per heavy atom. The van der Waals surface area contributed by atoms with Gasteiger partial charge in [-0.25, -0.2) is 4.79 Å². The molecule has 1 aliphatic carbocycles. The summed E-state index contributed by atoms with van der Waals surface area (Å²) in [5.74, 6) is -0.739. The average molecular weight is 389 g/mol. The molecule has 2 rings (SSSR count). The minimum atomic E-state index is -0.776. The Bertz CT molecular complexity index is 639. The van der Waals surface area contributed by atoms with Crippen LogP contribution in [0.25, 0.3) is 0 Å². The molecule has 6 nitrogen and oxygen atoms in total. The molecular formula is C22H32N2O4. The highest BCUT2D eigenvalue weighted by molar-refractivity contribution is 5.87. The molecular weight excluding hydrogens is 356 g/mol. The van der Waals surface area contributed by atoms with Gasteiger partial charge in [0, 0.05) is 6.54 Å². The fourth-order valence-corrected chi connectivity index (χ4v) is 3.43. The summed E-state index contributed by atoms with van der Waals surface area (Å²) in [5.41, 5.74) is 0.873. The predicted octanol–water partition coefficient (Wildman–Crippen LogP) is 2.61. The van der Waals surface area contributed by atoms with E-state index in [-0.39, 0.29) is 30.8 Å². The molecule has 1 aromatic rings. The van der Waals surface area contributed by atoms with Gasteiger partial charge in [-0.3, -0.25) is 9.59 Å². The number of carbonyl (C=O) groups is 3. The molecule has 0 radical (unpaired) electrons. The number of esters is 1. The maximum absolute atomic E-state index is 12.4. The Morgan fingerprint density at radius 1 is 1.04 bits per heavy atom. The third-order valence-electron chi connectivity index (χ3n) is 5.10. The van der Waals surface area contributed by atoms with Crippen molar-refractivity contribution in [1.29, 1.82) is 0 Å². The Balaban J connectivity index is 1.75. The maximum atomic E-state index is 12.4. The van der Waals surface area contributed by atoms with Crippen LogP contribution in [-0.2, 0) is 25.5 Å². The Morgan fingerprint density at radius 2 is 1.71 bits per heavy atom. The lowest BCUT2D eigenvalue weighted by molar-refractivity contribution is -0.152. The number of carbonyl (C=O) groups excluding carboxylic acids is 3. The summed E-state index contributed by atoms with van der Waals surface area (Å²) in [6, 6.07) is 8.56. The van der Waals surface area contributed by atoms with Crippen molar-refractivity contribution in [3.8, 4) is 0 Å². The van der Waals surface area contributed by atoms with Crippen LogP contribution in [0.5, 0.6) is 0 Å². The van der Waals surface area contributed by atoms with Crippen LogP contribution in [0.1, 0.15) is 51.5 Å². The number of nitrogens with one attached hydrogen (secondary N) is 2. The number of benzene rings is 1. The molecule has 1 atom stereocenters. The Labute approximate surface area is 167 Å². The molecule has 1 saturated carbocycles. The maximum Gasteiger partial charge on any atom is 0.329 e. The highest BCUT2D eigenvalue weighted by atomic mass is 16.5. The predicted molar refractivity (Wildman–Crippen MR) is 107 cm³/mol. The van der Waals surface area contributed by atoms with Crippen molar-refractivity contribution in [3.05, 3.63) is 35.9 Å². The lowest BCUT2D eigenvalue weighted by atomic mass is 9.89. The van der Waals surface area contributed by atoms with Gasteiger partial charge in [0.05, 0.1) is 6.42 Å². The van der Waals surface area contributed by atoms with E-state index in [1.54, 1.807) is 0 Å². The van der Waals surface area contributed by atoms with E-state index < -0.39 is 12.0 Å². The third-order valence-corrected chi connectivity index (χ3v) is 5.10. The first-order chi connectivity index (χ1) is 13.5. The zero-order valence-corrected chi connectivity index (χ0v) is 16.9. The van der Waals surface area contributed by atoms with Crippen molar-refractivity contribution in [2.75, 3.05) is 13.2 Å². The van der Waals surface area contributed by atoms with E-state index >= 15 is 0 Å². The van der Waals surface area contributed by atoms with Crippen LogP contribution in [0.15, 0.2) is 30.3 Å². The van der Waals surface area contributed by atoms with Gasteiger partial charge in [0.1, 0.15) is 6.04 Å². The van der Waals surface area contributed by atoms with Gasteiger partial charge in [0.15, 0.2) is 6.61 Å². The van der Waals surface area contributed by atoms with Crippen LogP contribution in [0.3, 0.4) is 0 Å². The zero-order valence-electron chi connectivity index (χ0n) is 16.9. The molecule has 2 amide bonds. The number of hydrogen-bond acceptors (Lipinski definition) is 4. The molecule has 0 aromatic heterocycles. The van der Waals surface area contributed by atoms with Crippen molar-refractivity contribution >= 4 is 17.8 Å². The molecule has 1 fully saturated rings. The number of amides is 2. The van der Waals surface area contributed by atoms with Crippen molar-refractivity contribution in [1.82, 2.24) is 10.6 Å². The minimum Gasteiger partial charge on any atom is -0.454 e. The highest BCUT2D eigenvalue weighted by Gasteiger charge is 2.26. The fraction of sp³-hybridized carbons (Fsp3) is 0.591. The SMILES string of the molecule is CC(C)[C@H](NC(=O)Cc1ccccc1)C(=O)OCC(=O)NCC1CCCCC1. The van der Waals surface area contributed by atoms with Gasteiger partial charge in [0.25, 0.3) is 5.91 Å². The summed E-state index contributed by atoms with van der Waals surface area (Å²) >= 11 is 0. The first kappa shape index (κ1) is 21.9. The summed E-state index contributed by atoms with van der Waals surface area (Å²) in [7, 11) is 0. The van der Waals surface area contributed by atoms with Gasteiger partial charge in [-0.05, 0) is 30.2 Å². The molecule has 0 heterocycles. The standard InChI is InChI=1S/C22H32N2O4/c1-16(2)21(24-19(25)13-17-9-5-3-6-10-17)22(27)28-15-20(26)23-14-18-11-7-4-8-12-18/h3,5-6,9-10,16,18,21H,4,7-8,11-15H2,1-2H3,(H,23,26)(H,24,25)/t21-/m0/s1. The highest BCUT2D eigenvalue weighted by Crippen LogP contribution is 2.22. The van der Waals surface area contributed by atoms with Gasteiger partial charge in [-0.15, -0.1) is 0 Å². The lowest BCUT2D eigenvalue weighted by Gasteiger charge is -2.22. The van der Waals surface area contributed by atoms with E-state index in [1.165, 1.54) is 19.3 Å². The Hall–Kier alpha value is -2.37. The quantitative estimate of drug-likeness (QED) is 0.637. The van der Waals surface area contributed by atoms with Crippen LogP contribution in [0.2, 0.25) is 0 Å². The van der Waals surface area contributed by atoms with Crippen LogP contribution < -0.4 is 10.6 Å². The molecule has 6 heteroatoms. The van der Waals surface area contributed by atoms with E-state index in [2.05, 4.69) is 10.6 Å². The monoisotopic (exact) mass is 388 g/mol. The van der Waals surface area contributed by atoms with Gasteiger partial charge in [-0.1, -0.05) is 63.4 Å². The smallest absolute Gasteiger partial charge is 0.329 e. The number of hydrogen-bond donors (Lipinski definition) is 2. The molecule has 0 bridgehead atoms. The second kappa shape index (κ2) is 11.5. The molecule has 1 aromatic carbocycles. The number of rotatable bonds is 9. The topological polar surface area (TPSA) is 84.5 Å². The molecule has 154 valence electrons. The second-order valence-electron chi connectivity index (χ2n) is 7.87. The average Bonchev–Trinajstić information content (AvgIpc) is 2.70. The first-order valence-electron chi connectivity index (χ1n) is 10.2. The molecule has 0 unspecified atom stereocenters. The molecule has 28 heavy (non-hydrogen) atoms. The largest absolute Gasteiger partial charge is 0.454 e. The minimum absolute atomic E-state index is 0.141. The van der Waals surface area contributed by atoms with Crippen molar-refractivity contribution in [3.63, 3.8) is 0 Å². The normalized spacial score (nSPS) is 15.7. The van der Waals surface area contributed by atoms with Gasteiger partial charge in [-0.2, -0.15) is 0 Å².